The first kappa shape index (κ1) is 17.3. The number of rotatable bonds is 6. The van der Waals surface area contributed by atoms with Crippen LogP contribution in [-0.4, -0.2) is 29.6 Å². The number of halogens is 1. The van der Waals surface area contributed by atoms with Crippen molar-refractivity contribution in [1.29, 1.82) is 0 Å². The van der Waals surface area contributed by atoms with Gasteiger partial charge in [-0.05, 0) is 30.9 Å². The largest absolute Gasteiger partial charge is 0.311 e. The fourth-order valence-electron chi connectivity index (χ4n) is 3.40. The lowest BCUT2D eigenvalue weighted by molar-refractivity contribution is 0.0144. The van der Waals surface area contributed by atoms with E-state index in [4.69, 9.17) is 11.6 Å². The summed E-state index contributed by atoms with van der Waals surface area (Å²) in [7, 11) is 0. The van der Waals surface area contributed by atoms with Crippen LogP contribution < -0.4 is 5.32 Å². The fraction of sp³-hybridized carbons (Fsp3) is 0.765. The standard InChI is InChI=1S/C17H29ClN2S/c1-5-13(4)15-11-20(10-14-8-9-16(18)21-14)17(6-2,7-3)12-19-15/h8-9,13,15,19H,5-7,10-12H2,1-4H3. The van der Waals surface area contributed by atoms with Gasteiger partial charge in [-0.15, -0.1) is 11.3 Å². The van der Waals surface area contributed by atoms with Gasteiger partial charge in [0.2, 0.25) is 0 Å². The first-order chi connectivity index (χ1) is 10.0. The van der Waals surface area contributed by atoms with E-state index in [2.05, 4.69) is 44.0 Å². The molecular formula is C17H29ClN2S. The summed E-state index contributed by atoms with van der Waals surface area (Å²) < 4.78 is 0.900. The van der Waals surface area contributed by atoms with Crippen molar-refractivity contribution in [2.24, 2.45) is 5.92 Å². The molecule has 1 aromatic rings. The molecule has 1 aliphatic heterocycles. The highest BCUT2D eigenvalue weighted by molar-refractivity contribution is 7.16. The van der Waals surface area contributed by atoms with E-state index < -0.39 is 0 Å². The Kier molecular flexibility index (Phi) is 6.13. The smallest absolute Gasteiger partial charge is 0.0931 e. The Balaban J connectivity index is 2.16. The molecule has 0 amide bonds. The zero-order valence-corrected chi connectivity index (χ0v) is 15.4. The average molecular weight is 329 g/mol. The molecule has 0 spiro atoms. The molecule has 0 bridgehead atoms. The van der Waals surface area contributed by atoms with E-state index in [9.17, 15) is 0 Å². The first-order valence-electron chi connectivity index (χ1n) is 8.27. The van der Waals surface area contributed by atoms with Crippen LogP contribution in [0.15, 0.2) is 12.1 Å². The second-order valence-corrected chi connectivity index (χ2v) is 8.19. The van der Waals surface area contributed by atoms with Crippen LogP contribution in [0.1, 0.15) is 51.8 Å². The number of hydrogen-bond acceptors (Lipinski definition) is 3. The van der Waals surface area contributed by atoms with Crippen molar-refractivity contribution in [3.05, 3.63) is 21.3 Å². The number of hydrogen-bond donors (Lipinski definition) is 1. The van der Waals surface area contributed by atoms with Gasteiger partial charge in [0.1, 0.15) is 0 Å². The summed E-state index contributed by atoms with van der Waals surface area (Å²) >= 11 is 7.83. The molecular weight excluding hydrogens is 300 g/mol. The summed E-state index contributed by atoms with van der Waals surface area (Å²) in [4.78, 5) is 4.10. The maximum atomic E-state index is 6.11. The Hall–Kier alpha value is -0.0900. The highest BCUT2D eigenvalue weighted by Crippen LogP contribution is 2.32. The van der Waals surface area contributed by atoms with Crippen LogP contribution >= 0.6 is 22.9 Å². The molecule has 2 unspecified atom stereocenters. The van der Waals surface area contributed by atoms with E-state index in [1.165, 1.54) is 24.1 Å². The van der Waals surface area contributed by atoms with E-state index in [-0.39, 0.29) is 0 Å². The Morgan fingerprint density at radius 2 is 2.10 bits per heavy atom. The van der Waals surface area contributed by atoms with Crippen molar-refractivity contribution in [2.45, 2.75) is 65.1 Å². The summed E-state index contributed by atoms with van der Waals surface area (Å²) in [5, 5.41) is 3.82. The maximum Gasteiger partial charge on any atom is 0.0931 e. The molecule has 0 radical (unpaired) electrons. The number of nitrogens with one attached hydrogen (secondary N) is 1. The van der Waals surface area contributed by atoms with Crippen LogP contribution in [0.25, 0.3) is 0 Å². The van der Waals surface area contributed by atoms with Crippen LogP contribution in [0, 0.1) is 5.92 Å². The average Bonchev–Trinajstić information content (AvgIpc) is 2.92. The molecule has 1 aromatic heterocycles. The van der Waals surface area contributed by atoms with Crippen LogP contribution in [-0.2, 0) is 6.54 Å². The molecule has 1 aliphatic rings. The quantitative estimate of drug-likeness (QED) is 0.808. The van der Waals surface area contributed by atoms with E-state index >= 15 is 0 Å². The lowest BCUT2D eigenvalue weighted by atomic mass is 9.84. The number of nitrogens with zero attached hydrogens (tertiary/aromatic N) is 1. The molecule has 0 saturated carbocycles. The third-order valence-electron chi connectivity index (χ3n) is 5.40. The first-order valence-corrected chi connectivity index (χ1v) is 9.46. The van der Waals surface area contributed by atoms with Gasteiger partial charge in [-0.2, -0.15) is 0 Å². The Morgan fingerprint density at radius 3 is 2.62 bits per heavy atom. The van der Waals surface area contributed by atoms with Crippen molar-refractivity contribution in [2.75, 3.05) is 13.1 Å². The summed E-state index contributed by atoms with van der Waals surface area (Å²) in [5.41, 5.74) is 0.292. The molecule has 2 nitrogen and oxygen atoms in total. The van der Waals surface area contributed by atoms with E-state index in [0.717, 1.165) is 29.9 Å². The minimum atomic E-state index is 0.292. The zero-order chi connectivity index (χ0) is 15.5. The molecule has 1 fully saturated rings. The van der Waals surface area contributed by atoms with Gasteiger partial charge in [0.15, 0.2) is 0 Å². The van der Waals surface area contributed by atoms with Gasteiger partial charge in [0.25, 0.3) is 0 Å². The van der Waals surface area contributed by atoms with Gasteiger partial charge < -0.3 is 5.32 Å². The van der Waals surface area contributed by atoms with Crippen LogP contribution in [0.3, 0.4) is 0 Å². The Labute approximate surface area is 138 Å². The molecule has 2 atom stereocenters. The van der Waals surface area contributed by atoms with Gasteiger partial charge in [0.05, 0.1) is 4.34 Å². The molecule has 0 aliphatic carbocycles. The zero-order valence-electron chi connectivity index (χ0n) is 13.8. The van der Waals surface area contributed by atoms with Gasteiger partial charge >= 0.3 is 0 Å². The molecule has 1 saturated heterocycles. The lowest BCUT2D eigenvalue weighted by Crippen LogP contribution is -2.65. The molecule has 2 rings (SSSR count). The van der Waals surface area contributed by atoms with Crippen LogP contribution in [0.2, 0.25) is 4.34 Å². The molecule has 1 N–H and O–H groups in total. The number of thiophene rings is 1. The van der Waals surface area contributed by atoms with Gasteiger partial charge in [-0.25, -0.2) is 0 Å². The Morgan fingerprint density at radius 1 is 1.38 bits per heavy atom. The predicted octanol–water partition coefficient (Wildman–Crippen LogP) is 4.78. The minimum Gasteiger partial charge on any atom is -0.311 e. The second kappa shape index (κ2) is 7.45. The maximum absolute atomic E-state index is 6.11. The molecule has 0 aromatic carbocycles. The predicted molar refractivity (Wildman–Crippen MR) is 94.3 cm³/mol. The Bertz CT molecular complexity index is 442. The third kappa shape index (κ3) is 3.82. The van der Waals surface area contributed by atoms with Gasteiger partial charge in [-0.3, -0.25) is 4.90 Å². The topological polar surface area (TPSA) is 15.3 Å². The SMILES string of the molecule is CCC(C)C1CN(Cc2ccc(Cl)s2)C(CC)(CC)CN1. The molecule has 120 valence electrons. The normalized spacial score (nSPS) is 24.1. The van der Waals surface area contributed by atoms with Crippen molar-refractivity contribution in [3.8, 4) is 0 Å². The molecule has 4 heteroatoms. The summed E-state index contributed by atoms with van der Waals surface area (Å²) in [6, 6.07) is 4.82. The van der Waals surface area contributed by atoms with Crippen molar-refractivity contribution < 1.29 is 0 Å². The van der Waals surface area contributed by atoms with Crippen LogP contribution in [0.5, 0.6) is 0 Å². The van der Waals surface area contributed by atoms with Crippen LogP contribution in [0.4, 0.5) is 0 Å². The second-order valence-electron chi connectivity index (χ2n) is 6.39. The monoisotopic (exact) mass is 328 g/mol. The summed E-state index contributed by atoms with van der Waals surface area (Å²) in [5.74, 6) is 0.728. The summed E-state index contributed by atoms with van der Waals surface area (Å²) in [6.45, 7) is 12.6. The van der Waals surface area contributed by atoms with E-state index in [0.29, 0.717) is 11.6 Å². The lowest BCUT2D eigenvalue weighted by Gasteiger charge is -2.50. The minimum absolute atomic E-state index is 0.292. The van der Waals surface area contributed by atoms with Crippen molar-refractivity contribution in [1.82, 2.24) is 10.2 Å². The highest BCUT2D eigenvalue weighted by Gasteiger charge is 2.39. The highest BCUT2D eigenvalue weighted by atomic mass is 35.5. The summed E-state index contributed by atoms with van der Waals surface area (Å²) in [6.07, 6.45) is 3.63. The van der Waals surface area contributed by atoms with Gasteiger partial charge in [-0.1, -0.05) is 45.7 Å². The van der Waals surface area contributed by atoms with E-state index in [1.54, 1.807) is 11.3 Å². The van der Waals surface area contributed by atoms with Gasteiger partial charge in [0, 0.05) is 36.1 Å². The fourth-order valence-corrected chi connectivity index (χ4v) is 4.50. The number of piperazine rings is 1. The third-order valence-corrected chi connectivity index (χ3v) is 6.62. The molecule has 2 heterocycles. The van der Waals surface area contributed by atoms with Crippen molar-refractivity contribution in [3.63, 3.8) is 0 Å². The molecule has 21 heavy (non-hydrogen) atoms. The van der Waals surface area contributed by atoms with E-state index in [1.807, 2.05) is 6.07 Å². The van der Waals surface area contributed by atoms with Crippen molar-refractivity contribution >= 4 is 22.9 Å².